The summed E-state index contributed by atoms with van der Waals surface area (Å²) in [7, 11) is 1.89. The van der Waals surface area contributed by atoms with Gasteiger partial charge in [-0.3, -0.25) is 9.48 Å². The zero-order valence-corrected chi connectivity index (χ0v) is 21.3. The Kier molecular flexibility index (Phi) is 5.48. The van der Waals surface area contributed by atoms with Crippen molar-refractivity contribution in [2.24, 2.45) is 18.9 Å². The molecule has 0 aliphatic heterocycles. The number of anilines is 1. The Morgan fingerprint density at radius 3 is 2.65 bits per heavy atom. The maximum absolute atomic E-state index is 11.8. The minimum atomic E-state index is -0.113. The van der Waals surface area contributed by atoms with Crippen molar-refractivity contribution in [3.63, 3.8) is 0 Å². The number of rotatable bonds is 5. The van der Waals surface area contributed by atoms with Gasteiger partial charge in [-0.2, -0.15) is 15.5 Å². The van der Waals surface area contributed by atoms with E-state index in [4.69, 9.17) is 4.98 Å². The second-order valence-corrected chi connectivity index (χ2v) is 10.8. The van der Waals surface area contributed by atoms with Gasteiger partial charge < -0.3 is 10.6 Å². The predicted octanol–water partition coefficient (Wildman–Crippen LogP) is 4.16. The molecule has 4 heterocycles. The summed E-state index contributed by atoms with van der Waals surface area (Å²) in [5, 5.41) is 25.3. The van der Waals surface area contributed by atoms with Crippen LogP contribution in [0.2, 0.25) is 0 Å². The fourth-order valence-corrected chi connectivity index (χ4v) is 6.48. The highest BCUT2D eigenvalue weighted by atomic mass is 16.1. The average molecular weight is 495 g/mol. The van der Waals surface area contributed by atoms with Crippen LogP contribution in [0, 0.1) is 23.2 Å². The molecular weight excluding hydrogens is 464 g/mol. The van der Waals surface area contributed by atoms with Crippen LogP contribution in [0.15, 0.2) is 49.2 Å². The van der Waals surface area contributed by atoms with Crippen molar-refractivity contribution in [2.45, 2.75) is 51.1 Å². The number of fused-ring (bicyclic) bond motifs is 4. The number of hydrogen-bond donors (Lipinski definition) is 2. The van der Waals surface area contributed by atoms with Crippen molar-refractivity contribution in [1.82, 2.24) is 29.7 Å². The second-order valence-electron chi connectivity index (χ2n) is 10.8. The number of aromatic nitrogens is 5. The number of hydrogen-bond acceptors (Lipinski definition) is 6. The van der Waals surface area contributed by atoms with Gasteiger partial charge >= 0.3 is 0 Å². The molecule has 7 rings (SSSR count). The first-order valence-corrected chi connectivity index (χ1v) is 12.8. The van der Waals surface area contributed by atoms with E-state index in [2.05, 4.69) is 39.9 Å². The lowest BCUT2D eigenvalue weighted by Crippen LogP contribution is -2.60. The summed E-state index contributed by atoms with van der Waals surface area (Å²) in [6.45, 7) is 3.80. The number of nitriles is 1. The summed E-state index contributed by atoms with van der Waals surface area (Å²) >= 11 is 0. The zero-order valence-electron chi connectivity index (χ0n) is 21.3. The molecule has 3 fully saturated rings. The van der Waals surface area contributed by atoms with Crippen molar-refractivity contribution in [1.29, 1.82) is 5.26 Å². The van der Waals surface area contributed by atoms with Crippen LogP contribution in [0.1, 0.15) is 45.1 Å². The molecule has 4 unspecified atom stereocenters. The Hall–Kier alpha value is -4.19. The molecule has 37 heavy (non-hydrogen) atoms. The summed E-state index contributed by atoms with van der Waals surface area (Å²) in [5.74, 6) is 1.87. The van der Waals surface area contributed by atoms with Crippen LogP contribution in [0.4, 0.5) is 5.82 Å². The van der Waals surface area contributed by atoms with Gasteiger partial charge in [-0.25, -0.2) is 9.50 Å². The normalized spacial score (nSPS) is 24.6. The largest absolute Gasteiger partial charge is 0.367 e. The maximum Gasteiger partial charge on any atom is 0.217 e. The van der Waals surface area contributed by atoms with Gasteiger partial charge in [-0.05, 0) is 62.6 Å². The first-order chi connectivity index (χ1) is 17.8. The Morgan fingerprint density at radius 2 is 2.00 bits per heavy atom. The van der Waals surface area contributed by atoms with Crippen molar-refractivity contribution in [3.05, 3.63) is 54.7 Å². The van der Waals surface area contributed by atoms with E-state index >= 15 is 0 Å². The lowest BCUT2D eigenvalue weighted by molar-refractivity contribution is -0.123. The first kappa shape index (κ1) is 23.2. The van der Waals surface area contributed by atoms with Crippen LogP contribution in [-0.2, 0) is 11.8 Å². The minimum Gasteiger partial charge on any atom is -0.367 e. The van der Waals surface area contributed by atoms with Crippen molar-refractivity contribution in [2.75, 3.05) is 5.32 Å². The molecule has 4 aromatic rings. The number of aryl methyl sites for hydroxylation is 1. The van der Waals surface area contributed by atoms with Crippen LogP contribution in [0.5, 0.6) is 0 Å². The summed E-state index contributed by atoms with van der Waals surface area (Å²) in [4.78, 5) is 16.5. The Labute approximate surface area is 215 Å². The van der Waals surface area contributed by atoms with Gasteiger partial charge in [-0.1, -0.05) is 0 Å². The van der Waals surface area contributed by atoms with E-state index in [1.54, 1.807) is 22.3 Å². The Bertz CT molecular complexity index is 1530. The maximum atomic E-state index is 11.8. The lowest BCUT2D eigenvalue weighted by Gasteiger charge is -2.53. The van der Waals surface area contributed by atoms with Crippen molar-refractivity contribution < 1.29 is 4.79 Å². The van der Waals surface area contributed by atoms with E-state index in [0.29, 0.717) is 23.4 Å². The summed E-state index contributed by atoms with van der Waals surface area (Å²) in [6, 6.07) is 8.75. The standard InChI is InChI=1S/C28H30N8O/c1-17(37)34-28(2)10-18-4-6-23(28)9-25(18)33-26-7-5-19(12-30-26)24-8-20(22-14-31-35(3)15-22)16-36-27(24)21(11-29)13-32-36/h5,7-8,12-16,18,23,25H,4,6,9-10H2,1-3H3,(H,30,33)(H,34,37). The van der Waals surface area contributed by atoms with Gasteiger partial charge in [0, 0.05) is 66.4 Å². The molecule has 2 bridgehead atoms. The molecule has 1 amide bonds. The smallest absolute Gasteiger partial charge is 0.217 e. The van der Waals surface area contributed by atoms with Gasteiger partial charge in [0.2, 0.25) is 5.91 Å². The third-order valence-corrected chi connectivity index (χ3v) is 8.22. The van der Waals surface area contributed by atoms with Crippen LogP contribution < -0.4 is 10.6 Å². The zero-order chi connectivity index (χ0) is 25.7. The van der Waals surface area contributed by atoms with Gasteiger partial charge in [0.05, 0.1) is 23.5 Å². The number of carbonyl (C=O) groups is 1. The Balaban J connectivity index is 1.28. The summed E-state index contributed by atoms with van der Waals surface area (Å²) in [6.07, 6.45) is 13.5. The predicted molar refractivity (Wildman–Crippen MR) is 140 cm³/mol. The highest BCUT2D eigenvalue weighted by Crippen LogP contribution is 2.48. The van der Waals surface area contributed by atoms with E-state index in [0.717, 1.165) is 52.9 Å². The van der Waals surface area contributed by atoms with Crippen molar-refractivity contribution >= 4 is 17.2 Å². The monoisotopic (exact) mass is 494 g/mol. The number of nitrogens with zero attached hydrogens (tertiary/aromatic N) is 6. The molecule has 0 aromatic carbocycles. The highest BCUT2D eigenvalue weighted by molar-refractivity contribution is 5.87. The minimum absolute atomic E-state index is 0.0521. The highest BCUT2D eigenvalue weighted by Gasteiger charge is 2.49. The number of carbonyl (C=O) groups excluding carboxylic acids is 1. The third kappa shape index (κ3) is 4.12. The molecule has 4 atom stereocenters. The van der Waals surface area contributed by atoms with Gasteiger partial charge in [0.1, 0.15) is 11.9 Å². The molecule has 3 aliphatic carbocycles. The molecule has 2 N–H and O–H groups in total. The molecule has 0 saturated heterocycles. The van der Waals surface area contributed by atoms with E-state index in [1.165, 1.54) is 6.42 Å². The average Bonchev–Trinajstić information content (AvgIpc) is 3.50. The summed E-state index contributed by atoms with van der Waals surface area (Å²) < 4.78 is 3.52. The molecular formula is C28H30N8O. The number of pyridine rings is 2. The van der Waals surface area contributed by atoms with E-state index in [9.17, 15) is 10.1 Å². The topological polar surface area (TPSA) is 113 Å². The first-order valence-electron chi connectivity index (χ1n) is 12.8. The third-order valence-electron chi connectivity index (χ3n) is 8.22. The van der Waals surface area contributed by atoms with Crippen LogP contribution >= 0.6 is 0 Å². The van der Waals surface area contributed by atoms with Gasteiger partial charge in [0.25, 0.3) is 0 Å². The van der Waals surface area contributed by atoms with Crippen LogP contribution in [-0.4, -0.2) is 41.9 Å². The molecule has 4 aromatic heterocycles. The Morgan fingerprint density at radius 1 is 1.14 bits per heavy atom. The molecule has 3 aliphatic rings. The molecule has 0 spiro atoms. The number of nitrogens with one attached hydrogen (secondary N) is 2. The van der Waals surface area contributed by atoms with Crippen LogP contribution in [0.25, 0.3) is 27.8 Å². The van der Waals surface area contributed by atoms with Gasteiger partial charge in [0.15, 0.2) is 0 Å². The molecule has 188 valence electrons. The summed E-state index contributed by atoms with van der Waals surface area (Å²) in [5.41, 5.74) is 4.93. The van der Waals surface area contributed by atoms with E-state index < -0.39 is 0 Å². The van der Waals surface area contributed by atoms with Crippen molar-refractivity contribution in [3.8, 4) is 28.3 Å². The SMILES string of the molecule is CC(=O)NC1(C)CC2CCC1CC2Nc1ccc(-c2cc(-c3cnn(C)c3)cn3ncc(C#N)c23)cn1. The van der Waals surface area contributed by atoms with E-state index in [-0.39, 0.29) is 11.4 Å². The molecule has 0 radical (unpaired) electrons. The number of amides is 1. The molecule has 9 nitrogen and oxygen atoms in total. The van der Waals surface area contributed by atoms with Crippen LogP contribution in [0.3, 0.4) is 0 Å². The van der Waals surface area contributed by atoms with E-state index in [1.807, 2.05) is 44.0 Å². The fraction of sp³-hybridized carbons (Fsp3) is 0.393. The fourth-order valence-electron chi connectivity index (χ4n) is 6.48. The lowest BCUT2D eigenvalue weighted by atomic mass is 9.59. The quantitative estimate of drug-likeness (QED) is 0.431. The second kappa shape index (κ2) is 8.73. The molecule has 9 heteroatoms. The molecule has 3 saturated carbocycles. The van der Waals surface area contributed by atoms with Gasteiger partial charge in [-0.15, -0.1) is 0 Å².